The van der Waals surface area contributed by atoms with Gasteiger partial charge >= 0.3 is 0 Å². The minimum absolute atomic E-state index is 0.175. The number of ether oxygens (including phenoxy) is 2. The van der Waals surface area contributed by atoms with E-state index in [1.165, 1.54) is 0 Å². The summed E-state index contributed by atoms with van der Waals surface area (Å²) in [6.45, 7) is 1.65. The fourth-order valence-electron chi connectivity index (χ4n) is 1.59. The average molecular weight is 221 g/mol. The summed E-state index contributed by atoms with van der Waals surface area (Å²) in [4.78, 5) is 0. The van der Waals surface area contributed by atoms with E-state index in [9.17, 15) is 5.11 Å². The second-order valence-corrected chi connectivity index (χ2v) is 3.51. The van der Waals surface area contributed by atoms with Gasteiger partial charge in [0.05, 0.1) is 18.8 Å². The van der Waals surface area contributed by atoms with Gasteiger partial charge in [-0.2, -0.15) is 0 Å². The first-order valence-electron chi connectivity index (χ1n) is 5.31. The molecule has 1 aliphatic heterocycles. The van der Waals surface area contributed by atoms with Gasteiger partial charge in [0.2, 0.25) is 0 Å². The number of nitrogens with two attached hydrogens (primary N) is 1. The first-order chi connectivity index (χ1) is 7.83. The summed E-state index contributed by atoms with van der Waals surface area (Å²) in [5.41, 5.74) is 6.02. The van der Waals surface area contributed by atoms with Crippen LogP contribution in [0.25, 0.3) is 6.08 Å². The van der Waals surface area contributed by atoms with Crippen LogP contribution in [-0.4, -0.2) is 24.9 Å². The molecule has 86 valence electrons. The van der Waals surface area contributed by atoms with Crippen molar-refractivity contribution < 1.29 is 14.6 Å². The van der Waals surface area contributed by atoms with Gasteiger partial charge in [0.1, 0.15) is 5.75 Å². The Hall–Kier alpha value is -1.68. The van der Waals surface area contributed by atoms with E-state index in [1.54, 1.807) is 24.3 Å². The predicted octanol–water partition coefficient (Wildman–Crippen LogP) is 1.53. The molecule has 4 nitrogen and oxygen atoms in total. The highest BCUT2D eigenvalue weighted by molar-refractivity contribution is 5.68. The molecule has 0 saturated carbocycles. The molecule has 0 unspecified atom stereocenters. The molecule has 1 aromatic rings. The lowest BCUT2D eigenvalue weighted by Crippen LogP contribution is -1.98. The van der Waals surface area contributed by atoms with Gasteiger partial charge in [0.15, 0.2) is 11.5 Å². The third-order valence-corrected chi connectivity index (χ3v) is 2.35. The van der Waals surface area contributed by atoms with E-state index >= 15 is 0 Å². The smallest absolute Gasteiger partial charge is 0.172 e. The van der Waals surface area contributed by atoms with Gasteiger partial charge in [-0.25, -0.2) is 0 Å². The molecule has 0 fully saturated rings. The van der Waals surface area contributed by atoms with Crippen LogP contribution in [0.3, 0.4) is 0 Å². The van der Waals surface area contributed by atoms with Crippen LogP contribution in [0.2, 0.25) is 0 Å². The fraction of sp³-hybridized carbons (Fsp3) is 0.333. The fourth-order valence-corrected chi connectivity index (χ4v) is 1.59. The number of fused-ring (bicyclic) bond motifs is 1. The van der Waals surface area contributed by atoms with Crippen LogP contribution in [0.5, 0.6) is 17.2 Å². The molecule has 1 aliphatic rings. The lowest BCUT2D eigenvalue weighted by molar-refractivity contribution is 0.296. The van der Waals surface area contributed by atoms with Gasteiger partial charge in [0, 0.05) is 13.0 Å². The van der Waals surface area contributed by atoms with Crippen molar-refractivity contribution in [3.05, 3.63) is 23.8 Å². The van der Waals surface area contributed by atoms with E-state index < -0.39 is 0 Å². The summed E-state index contributed by atoms with van der Waals surface area (Å²) in [6, 6.07) is 3.32. The number of hydrogen-bond acceptors (Lipinski definition) is 4. The first kappa shape index (κ1) is 10.8. The maximum Gasteiger partial charge on any atom is 0.172 e. The Labute approximate surface area is 94.3 Å². The molecule has 0 aromatic heterocycles. The Morgan fingerprint density at radius 3 is 2.94 bits per heavy atom. The molecular weight excluding hydrogens is 206 g/mol. The van der Waals surface area contributed by atoms with Crippen molar-refractivity contribution in [1.29, 1.82) is 0 Å². The molecule has 1 aromatic carbocycles. The Bertz CT molecular complexity index is 401. The minimum Gasteiger partial charge on any atom is -0.507 e. The van der Waals surface area contributed by atoms with E-state index in [0.29, 0.717) is 36.8 Å². The van der Waals surface area contributed by atoms with Crippen molar-refractivity contribution in [2.75, 3.05) is 19.8 Å². The largest absolute Gasteiger partial charge is 0.507 e. The topological polar surface area (TPSA) is 64.7 Å². The highest BCUT2D eigenvalue weighted by Crippen LogP contribution is 2.39. The number of phenols is 1. The standard InChI is InChI=1S/C12H15NO3/c13-6-1-3-9-10(14)4-5-11-12(9)16-8-2-7-15-11/h1,3-5,14H,2,6-8,13H2/b3-1+. The van der Waals surface area contributed by atoms with Crippen LogP contribution in [-0.2, 0) is 0 Å². The Kier molecular flexibility index (Phi) is 3.31. The van der Waals surface area contributed by atoms with Gasteiger partial charge in [-0.05, 0) is 12.1 Å². The molecule has 0 aliphatic carbocycles. The van der Waals surface area contributed by atoms with Crippen LogP contribution < -0.4 is 15.2 Å². The normalized spacial score (nSPS) is 15.1. The lowest BCUT2D eigenvalue weighted by atomic mass is 10.1. The van der Waals surface area contributed by atoms with Gasteiger partial charge in [-0.1, -0.05) is 12.2 Å². The average Bonchev–Trinajstić information content (AvgIpc) is 2.53. The van der Waals surface area contributed by atoms with Crippen LogP contribution in [0.15, 0.2) is 18.2 Å². The molecule has 0 amide bonds. The molecule has 4 heteroatoms. The molecule has 0 radical (unpaired) electrons. The van der Waals surface area contributed by atoms with E-state index in [0.717, 1.165) is 6.42 Å². The van der Waals surface area contributed by atoms with E-state index in [1.807, 2.05) is 0 Å². The zero-order chi connectivity index (χ0) is 11.4. The second-order valence-electron chi connectivity index (χ2n) is 3.51. The number of benzene rings is 1. The molecule has 0 atom stereocenters. The van der Waals surface area contributed by atoms with Gasteiger partial charge < -0.3 is 20.3 Å². The number of hydrogen-bond donors (Lipinski definition) is 2. The first-order valence-corrected chi connectivity index (χ1v) is 5.31. The van der Waals surface area contributed by atoms with Crippen LogP contribution >= 0.6 is 0 Å². The second kappa shape index (κ2) is 4.90. The maximum atomic E-state index is 9.76. The maximum absolute atomic E-state index is 9.76. The molecular formula is C12H15NO3. The Morgan fingerprint density at radius 1 is 1.31 bits per heavy atom. The van der Waals surface area contributed by atoms with Crippen molar-refractivity contribution in [3.63, 3.8) is 0 Å². The van der Waals surface area contributed by atoms with Crippen LogP contribution in [0, 0.1) is 0 Å². The van der Waals surface area contributed by atoms with Crippen molar-refractivity contribution in [2.45, 2.75) is 6.42 Å². The molecule has 0 bridgehead atoms. The monoisotopic (exact) mass is 221 g/mol. The highest BCUT2D eigenvalue weighted by Gasteiger charge is 2.16. The zero-order valence-electron chi connectivity index (χ0n) is 8.98. The summed E-state index contributed by atoms with van der Waals surface area (Å²) in [7, 11) is 0. The summed E-state index contributed by atoms with van der Waals surface area (Å²) < 4.78 is 11.1. The molecule has 0 saturated heterocycles. The van der Waals surface area contributed by atoms with E-state index in [4.69, 9.17) is 15.2 Å². The van der Waals surface area contributed by atoms with Gasteiger partial charge in [-0.3, -0.25) is 0 Å². The number of aromatic hydroxyl groups is 1. The number of phenolic OH excluding ortho intramolecular Hbond substituents is 1. The Morgan fingerprint density at radius 2 is 2.12 bits per heavy atom. The van der Waals surface area contributed by atoms with Crippen LogP contribution in [0.1, 0.15) is 12.0 Å². The van der Waals surface area contributed by atoms with Crippen molar-refractivity contribution in [3.8, 4) is 17.2 Å². The third-order valence-electron chi connectivity index (χ3n) is 2.35. The molecule has 2 rings (SSSR count). The Balaban J connectivity index is 2.44. The third kappa shape index (κ3) is 2.12. The summed E-state index contributed by atoms with van der Waals surface area (Å²) in [5, 5.41) is 9.76. The van der Waals surface area contributed by atoms with Gasteiger partial charge in [-0.15, -0.1) is 0 Å². The highest BCUT2D eigenvalue weighted by atomic mass is 16.5. The quantitative estimate of drug-likeness (QED) is 0.794. The van der Waals surface area contributed by atoms with Crippen molar-refractivity contribution in [2.24, 2.45) is 5.73 Å². The zero-order valence-corrected chi connectivity index (χ0v) is 8.98. The molecule has 16 heavy (non-hydrogen) atoms. The van der Waals surface area contributed by atoms with E-state index in [-0.39, 0.29) is 5.75 Å². The SMILES string of the molecule is NC/C=C/c1c(O)ccc2c1OCCCO2. The lowest BCUT2D eigenvalue weighted by Gasteiger charge is -2.11. The van der Waals surface area contributed by atoms with Gasteiger partial charge in [0.25, 0.3) is 0 Å². The molecule has 1 heterocycles. The molecule has 3 N–H and O–H groups in total. The van der Waals surface area contributed by atoms with Crippen LogP contribution in [0.4, 0.5) is 0 Å². The van der Waals surface area contributed by atoms with Crippen molar-refractivity contribution in [1.82, 2.24) is 0 Å². The van der Waals surface area contributed by atoms with E-state index in [2.05, 4.69) is 0 Å². The summed E-state index contributed by atoms with van der Waals surface area (Å²) in [5.74, 6) is 1.45. The molecule has 0 spiro atoms. The predicted molar refractivity (Wildman–Crippen MR) is 61.8 cm³/mol. The summed E-state index contributed by atoms with van der Waals surface area (Å²) in [6.07, 6.45) is 4.36. The summed E-state index contributed by atoms with van der Waals surface area (Å²) >= 11 is 0. The number of rotatable bonds is 2. The van der Waals surface area contributed by atoms with Crippen molar-refractivity contribution >= 4 is 6.08 Å². The minimum atomic E-state index is 0.175.